The molecule has 2 nitrogen and oxygen atoms in total. The first kappa shape index (κ1) is 13.9. The van der Waals surface area contributed by atoms with Gasteiger partial charge in [-0.05, 0) is 42.0 Å². The summed E-state index contributed by atoms with van der Waals surface area (Å²) in [6, 6.07) is 13.2. The van der Waals surface area contributed by atoms with Crippen LogP contribution in [0.1, 0.15) is 11.6 Å². The van der Waals surface area contributed by atoms with Crippen molar-refractivity contribution in [2.24, 2.45) is 0 Å². The molecule has 0 aromatic heterocycles. The van der Waals surface area contributed by atoms with Gasteiger partial charge in [0.2, 0.25) is 0 Å². The number of anilines is 1. The number of nitrogens with zero attached hydrogens (tertiary/aromatic N) is 1. The summed E-state index contributed by atoms with van der Waals surface area (Å²) < 4.78 is 14.3. The van der Waals surface area contributed by atoms with Gasteiger partial charge in [-0.25, -0.2) is 4.39 Å². The van der Waals surface area contributed by atoms with Gasteiger partial charge in [0.15, 0.2) is 0 Å². The maximum absolute atomic E-state index is 13.4. The zero-order chi connectivity index (χ0) is 13.8. The molecule has 5 heteroatoms. The molecule has 1 atom stereocenters. The Hall–Kier alpha value is -1.57. The molecule has 0 saturated heterocycles. The molecule has 0 aliphatic heterocycles. The van der Waals surface area contributed by atoms with Gasteiger partial charge in [-0.15, -0.1) is 0 Å². The van der Waals surface area contributed by atoms with E-state index in [1.165, 1.54) is 12.1 Å². The van der Waals surface area contributed by atoms with E-state index in [0.717, 1.165) is 10.2 Å². The molecule has 96 valence electrons. The first-order chi connectivity index (χ1) is 9.10. The van der Waals surface area contributed by atoms with Crippen molar-refractivity contribution in [1.29, 1.82) is 5.26 Å². The second kappa shape index (κ2) is 6.05. The number of hydrogen-bond acceptors (Lipinski definition) is 2. The highest BCUT2D eigenvalue weighted by molar-refractivity contribution is 9.10. The van der Waals surface area contributed by atoms with Crippen molar-refractivity contribution in [3.8, 4) is 6.07 Å². The quantitative estimate of drug-likeness (QED) is 0.861. The first-order valence-corrected chi connectivity index (χ1v) is 6.64. The van der Waals surface area contributed by atoms with Crippen molar-refractivity contribution < 1.29 is 4.39 Å². The number of nitrogens with one attached hydrogen (secondary N) is 1. The maximum Gasteiger partial charge on any atom is 0.142 e. The second-order valence-electron chi connectivity index (χ2n) is 3.89. The van der Waals surface area contributed by atoms with E-state index in [9.17, 15) is 9.65 Å². The van der Waals surface area contributed by atoms with Crippen molar-refractivity contribution in [3.05, 3.63) is 63.3 Å². The largest absolute Gasteiger partial charge is 0.366 e. The highest BCUT2D eigenvalue weighted by Gasteiger charge is 2.12. The first-order valence-electron chi connectivity index (χ1n) is 5.47. The summed E-state index contributed by atoms with van der Waals surface area (Å²) in [5.41, 5.74) is 1.32. The molecule has 0 radical (unpaired) electrons. The van der Waals surface area contributed by atoms with Gasteiger partial charge < -0.3 is 5.32 Å². The third-order valence-electron chi connectivity index (χ3n) is 2.56. The van der Waals surface area contributed by atoms with Crippen molar-refractivity contribution in [2.45, 2.75) is 6.04 Å². The summed E-state index contributed by atoms with van der Waals surface area (Å²) in [5.74, 6) is -0.531. The topological polar surface area (TPSA) is 35.8 Å². The Labute approximate surface area is 123 Å². The van der Waals surface area contributed by atoms with Gasteiger partial charge in [0, 0.05) is 10.2 Å². The van der Waals surface area contributed by atoms with E-state index < -0.39 is 11.9 Å². The lowest BCUT2D eigenvalue weighted by Crippen LogP contribution is -2.08. The van der Waals surface area contributed by atoms with Crippen molar-refractivity contribution in [2.75, 3.05) is 5.32 Å². The monoisotopic (exact) mass is 338 g/mol. The predicted octanol–water partition coefficient (Wildman–Crippen LogP) is 4.92. The van der Waals surface area contributed by atoms with E-state index in [-0.39, 0.29) is 5.02 Å². The third-order valence-corrected chi connectivity index (χ3v) is 3.40. The van der Waals surface area contributed by atoms with Gasteiger partial charge in [-0.1, -0.05) is 33.6 Å². The molecular formula is C14H9BrClFN2. The fourth-order valence-corrected chi connectivity index (χ4v) is 1.98. The van der Waals surface area contributed by atoms with Gasteiger partial charge >= 0.3 is 0 Å². The smallest absolute Gasteiger partial charge is 0.142 e. The molecule has 0 aliphatic carbocycles. The maximum atomic E-state index is 13.4. The average molecular weight is 340 g/mol. The summed E-state index contributed by atoms with van der Waals surface area (Å²) in [6.45, 7) is 0. The Bertz CT molecular complexity index is 622. The minimum atomic E-state index is -0.632. The normalized spacial score (nSPS) is 11.7. The van der Waals surface area contributed by atoms with Crippen LogP contribution in [0.3, 0.4) is 0 Å². The molecule has 19 heavy (non-hydrogen) atoms. The van der Waals surface area contributed by atoms with E-state index in [4.69, 9.17) is 11.6 Å². The van der Waals surface area contributed by atoms with Crippen LogP contribution in [-0.4, -0.2) is 0 Å². The standard InChI is InChI=1S/C14H9BrClFN2/c15-10-2-4-11(5-3-10)19-14(8-18)9-1-6-12(16)13(17)7-9/h1-7,14,19H. The van der Waals surface area contributed by atoms with Crippen molar-refractivity contribution >= 4 is 33.2 Å². The molecule has 2 rings (SSSR count). The molecule has 0 aliphatic rings. The molecule has 0 heterocycles. The Kier molecular flexibility index (Phi) is 4.41. The SMILES string of the molecule is N#CC(Nc1ccc(Br)cc1)c1ccc(Cl)c(F)c1. The van der Waals surface area contributed by atoms with Crippen LogP contribution >= 0.6 is 27.5 Å². The minimum Gasteiger partial charge on any atom is -0.366 e. The fourth-order valence-electron chi connectivity index (χ4n) is 1.59. The highest BCUT2D eigenvalue weighted by atomic mass is 79.9. The number of benzene rings is 2. The number of rotatable bonds is 3. The van der Waals surface area contributed by atoms with Gasteiger partial charge in [-0.2, -0.15) is 5.26 Å². The zero-order valence-electron chi connectivity index (χ0n) is 9.70. The number of hydrogen-bond donors (Lipinski definition) is 1. The van der Waals surface area contributed by atoms with Gasteiger partial charge in [0.1, 0.15) is 11.9 Å². The van der Waals surface area contributed by atoms with Crippen LogP contribution in [0.5, 0.6) is 0 Å². The Balaban J connectivity index is 2.23. The van der Waals surface area contributed by atoms with Crippen LogP contribution < -0.4 is 5.32 Å². The van der Waals surface area contributed by atoms with E-state index in [2.05, 4.69) is 27.3 Å². The zero-order valence-corrected chi connectivity index (χ0v) is 12.0. The van der Waals surface area contributed by atoms with Gasteiger partial charge in [0.05, 0.1) is 11.1 Å². The molecule has 2 aromatic carbocycles. The molecule has 0 saturated carbocycles. The second-order valence-corrected chi connectivity index (χ2v) is 5.21. The molecule has 0 spiro atoms. The molecular weight excluding hydrogens is 331 g/mol. The lowest BCUT2D eigenvalue weighted by Gasteiger charge is -2.13. The molecule has 1 unspecified atom stereocenters. The van der Waals surface area contributed by atoms with Gasteiger partial charge in [-0.3, -0.25) is 0 Å². The van der Waals surface area contributed by atoms with Crippen molar-refractivity contribution in [1.82, 2.24) is 0 Å². The van der Waals surface area contributed by atoms with Crippen LogP contribution in [0.25, 0.3) is 0 Å². The van der Waals surface area contributed by atoms with E-state index in [1.807, 2.05) is 24.3 Å². The molecule has 0 fully saturated rings. The number of nitriles is 1. The molecule has 1 N–H and O–H groups in total. The summed E-state index contributed by atoms with van der Waals surface area (Å²) in [7, 11) is 0. The van der Waals surface area contributed by atoms with Crippen LogP contribution in [0.4, 0.5) is 10.1 Å². The van der Waals surface area contributed by atoms with Crippen LogP contribution in [0.2, 0.25) is 5.02 Å². The predicted molar refractivity (Wildman–Crippen MR) is 77.5 cm³/mol. The lowest BCUT2D eigenvalue weighted by atomic mass is 10.1. The number of halogens is 3. The van der Waals surface area contributed by atoms with E-state index in [1.54, 1.807) is 6.07 Å². The molecule has 2 aromatic rings. The van der Waals surface area contributed by atoms with Gasteiger partial charge in [0.25, 0.3) is 0 Å². The van der Waals surface area contributed by atoms with Crippen LogP contribution in [0.15, 0.2) is 46.9 Å². The fraction of sp³-hybridized carbons (Fsp3) is 0.0714. The van der Waals surface area contributed by atoms with Crippen LogP contribution in [0, 0.1) is 17.1 Å². The summed E-state index contributed by atoms with van der Waals surface area (Å²) in [6.07, 6.45) is 0. The Morgan fingerprint density at radius 2 is 1.89 bits per heavy atom. The summed E-state index contributed by atoms with van der Waals surface area (Å²) in [4.78, 5) is 0. The highest BCUT2D eigenvalue weighted by Crippen LogP contribution is 2.24. The van der Waals surface area contributed by atoms with Crippen molar-refractivity contribution in [3.63, 3.8) is 0 Å². The van der Waals surface area contributed by atoms with E-state index in [0.29, 0.717) is 5.56 Å². The average Bonchev–Trinajstić information content (AvgIpc) is 2.41. The van der Waals surface area contributed by atoms with E-state index >= 15 is 0 Å². The summed E-state index contributed by atoms with van der Waals surface area (Å²) >= 11 is 8.96. The van der Waals surface area contributed by atoms with Crippen LogP contribution in [-0.2, 0) is 0 Å². The molecule has 0 amide bonds. The Morgan fingerprint density at radius 1 is 1.21 bits per heavy atom. The molecule has 0 bridgehead atoms. The minimum absolute atomic E-state index is 0.0454. The Morgan fingerprint density at radius 3 is 2.47 bits per heavy atom. The lowest BCUT2D eigenvalue weighted by molar-refractivity contribution is 0.625. The third kappa shape index (κ3) is 3.46. The summed E-state index contributed by atoms with van der Waals surface area (Å²) in [5, 5.41) is 12.3.